The van der Waals surface area contributed by atoms with Crippen LogP contribution in [0.2, 0.25) is 0 Å². The molecule has 0 aliphatic rings. The van der Waals surface area contributed by atoms with Crippen molar-refractivity contribution in [3.8, 4) is 0 Å². The smallest absolute Gasteiger partial charge is 0.339 e. The second-order valence-electron chi connectivity index (χ2n) is 4.73. The number of hydrogen-bond donors (Lipinski definition) is 2. The average Bonchev–Trinajstić information content (AvgIpc) is 2.31. The van der Waals surface area contributed by atoms with Crippen molar-refractivity contribution in [3.63, 3.8) is 0 Å². The van der Waals surface area contributed by atoms with E-state index in [-0.39, 0.29) is 12.1 Å². The fourth-order valence-electron chi connectivity index (χ4n) is 1.62. The summed E-state index contributed by atoms with van der Waals surface area (Å²) < 4.78 is 4.72. The van der Waals surface area contributed by atoms with E-state index in [0.29, 0.717) is 11.3 Å². The molecule has 0 saturated carbocycles. The molecule has 0 spiro atoms. The average molecular weight is 264 g/mol. The second-order valence-corrected chi connectivity index (χ2v) is 4.73. The lowest BCUT2D eigenvalue weighted by Gasteiger charge is -2.14. The van der Waals surface area contributed by atoms with Gasteiger partial charge >= 0.3 is 12.0 Å². The van der Waals surface area contributed by atoms with Crippen LogP contribution in [0, 0.1) is 13.8 Å². The Balaban J connectivity index is 3.07. The molecule has 104 valence electrons. The van der Waals surface area contributed by atoms with Crippen molar-refractivity contribution in [1.82, 2.24) is 5.32 Å². The van der Waals surface area contributed by atoms with Gasteiger partial charge in [-0.05, 0) is 51.0 Å². The molecule has 19 heavy (non-hydrogen) atoms. The van der Waals surface area contributed by atoms with Gasteiger partial charge in [-0.3, -0.25) is 0 Å². The van der Waals surface area contributed by atoms with Gasteiger partial charge in [-0.1, -0.05) is 0 Å². The van der Waals surface area contributed by atoms with E-state index in [2.05, 4.69) is 10.6 Å². The number of urea groups is 1. The number of nitrogens with one attached hydrogen (secondary N) is 2. The summed E-state index contributed by atoms with van der Waals surface area (Å²) >= 11 is 0. The molecule has 1 aromatic carbocycles. The molecule has 0 bridgehead atoms. The lowest BCUT2D eigenvalue weighted by molar-refractivity contribution is 0.0602. The Kier molecular flexibility index (Phi) is 4.92. The van der Waals surface area contributed by atoms with Gasteiger partial charge in [0, 0.05) is 6.04 Å². The van der Waals surface area contributed by atoms with Crippen molar-refractivity contribution >= 4 is 17.7 Å². The highest BCUT2D eigenvalue weighted by molar-refractivity contribution is 6.01. The van der Waals surface area contributed by atoms with Crippen LogP contribution in [0.15, 0.2) is 12.1 Å². The molecular weight excluding hydrogens is 244 g/mol. The number of benzene rings is 1. The summed E-state index contributed by atoms with van der Waals surface area (Å²) in [7, 11) is 1.31. The van der Waals surface area contributed by atoms with Crippen molar-refractivity contribution in [2.24, 2.45) is 0 Å². The summed E-state index contributed by atoms with van der Waals surface area (Å²) in [6.07, 6.45) is 0. The van der Waals surface area contributed by atoms with E-state index in [1.165, 1.54) is 7.11 Å². The van der Waals surface area contributed by atoms with Crippen LogP contribution in [0.4, 0.5) is 10.5 Å². The summed E-state index contributed by atoms with van der Waals surface area (Å²) in [6.45, 7) is 7.55. The van der Waals surface area contributed by atoms with Gasteiger partial charge in [0.1, 0.15) is 0 Å². The summed E-state index contributed by atoms with van der Waals surface area (Å²) in [5, 5.41) is 5.38. The molecule has 0 unspecified atom stereocenters. The van der Waals surface area contributed by atoms with Crippen LogP contribution in [-0.2, 0) is 4.74 Å². The minimum absolute atomic E-state index is 0.0214. The fourth-order valence-corrected chi connectivity index (χ4v) is 1.62. The highest BCUT2D eigenvalue weighted by Crippen LogP contribution is 2.21. The van der Waals surface area contributed by atoms with Crippen molar-refractivity contribution in [2.75, 3.05) is 12.4 Å². The zero-order valence-electron chi connectivity index (χ0n) is 12.0. The van der Waals surface area contributed by atoms with Gasteiger partial charge in [-0.25, -0.2) is 9.59 Å². The number of esters is 1. The van der Waals surface area contributed by atoms with Crippen LogP contribution in [-0.4, -0.2) is 25.2 Å². The van der Waals surface area contributed by atoms with Gasteiger partial charge in [-0.15, -0.1) is 0 Å². The first kappa shape index (κ1) is 15.0. The standard InChI is InChI=1S/C14H20N2O3/c1-8(2)15-14(18)16-12-7-10(4)9(3)6-11(12)13(17)19-5/h6-8H,1-5H3,(H2,15,16,18). The molecule has 0 radical (unpaired) electrons. The third-order valence-corrected chi connectivity index (χ3v) is 2.71. The number of carbonyl (C=O) groups excluding carboxylic acids is 2. The summed E-state index contributed by atoms with van der Waals surface area (Å²) in [5.41, 5.74) is 2.76. The van der Waals surface area contributed by atoms with Gasteiger partial charge < -0.3 is 15.4 Å². The van der Waals surface area contributed by atoms with Crippen molar-refractivity contribution in [2.45, 2.75) is 33.7 Å². The maximum atomic E-state index is 11.7. The first-order valence-electron chi connectivity index (χ1n) is 6.12. The molecule has 1 aromatic rings. The Morgan fingerprint density at radius 1 is 1.16 bits per heavy atom. The van der Waals surface area contributed by atoms with Gasteiger partial charge in [0.05, 0.1) is 18.4 Å². The van der Waals surface area contributed by atoms with E-state index in [4.69, 9.17) is 4.74 Å². The van der Waals surface area contributed by atoms with Crippen LogP contribution < -0.4 is 10.6 Å². The molecule has 5 heteroatoms. The number of rotatable bonds is 3. The van der Waals surface area contributed by atoms with E-state index in [0.717, 1.165) is 11.1 Å². The van der Waals surface area contributed by atoms with Crippen molar-refractivity contribution < 1.29 is 14.3 Å². The molecule has 2 amide bonds. The van der Waals surface area contributed by atoms with Crippen molar-refractivity contribution in [1.29, 1.82) is 0 Å². The zero-order valence-corrected chi connectivity index (χ0v) is 12.0. The van der Waals surface area contributed by atoms with Crippen molar-refractivity contribution in [3.05, 3.63) is 28.8 Å². The second kappa shape index (κ2) is 6.22. The largest absolute Gasteiger partial charge is 0.465 e. The number of methoxy groups -OCH3 is 1. The molecule has 0 saturated heterocycles. The summed E-state index contributed by atoms with van der Waals surface area (Å²) in [5.74, 6) is -0.469. The molecule has 5 nitrogen and oxygen atoms in total. The first-order chi connectivity index (χ1) is 8.85. The van der Waals surface area contributed by atoms with Crippen LogP contribution in [0.25, 0.3) is 0 Å². The number of ether oxygens (including phenoxy) is 1. The Hall–Kier alpha value is -2.04. The van der Waals surface area contributed by atoms with E-state index in [9.17, 15) is 9.59 Å². The molecule has 0 atom stereocenters. The SMILES string of the molecule is COC(=O)c1cc(C)c(C)cc1NC(=O)NC(C)C. The molecule has 2 N–H and O–H groups in total. The number of aryl methyl sites for hydroxylation is 2. The minimum Gasteiger partial charge on any atom is -0.465 e. The topological polar surface area (TPSA) is 67.4 Å². The Labute approximate surface area is 113 Å². The van der Waals surface area contributed by atoms with Crippen LogP contribution in [0.3, 0.4) is 0 Å². The Bertz CT molecular complexity index is 496. The minimum atomic E-state index is -0.469. The molecule has 0 aromatic heterocycles. The predicted molar refractivity (Wildman–Crippen MR) is 74.5 cm³/mol. The van der Waals surface area contributed by atoms with Crippen LogP contribution in [0.5, 0.6) is 0 Å². The number of hydrogen-bond acceptors (Lipinski definition) is 3. The maximum absolute atomic E-state index is 11.7. The molecule has 0 aliphatic carbocycles. The lowest BCUT2D eigenvalue weighted by Crippen LogP contribution is -2.34. The van der Waals surface area contributed by atoms with Crippen LogP contribution >= 0.6 is 0 Å². The normalized spacial score (nSPS) is 10.2. The lowest BCUT2D eigenvalue weighted by atomic mass is 10.0. The monoisotopic (exact) mass is 264 g/mol. The maximum Gasteiger partial charge on any atom is 0.339 e. The molecule has 0 aliphatic heterocycles. The van der Waals surface area contributed by atoms with Gasteiger partial charge in [0.25, 0.3) is 0 Å². The van der Waals surface area contributed by atoms with E-state index in [1.54, 1.807) is 12.1 Å². The van der Waals surface area contributed by atoms with E-state index < -0.39 is 5.97 Å². The molecule has 0 fully saturated rings. The Morgan fingerprint density at radius 3 is 2.26 bits per heavy atom. The first-order valence-corrected chi connectivity index (χ1v) is 6.12. The zero-order chi connectivity index (χ0) is 14.6. The van der Waals surface area contributed by atoms with E-state index in [1.807, 2.05) is 27.7 Å². The highest BCUT2D eigenvalue weighted by atomic mass is 16.5. The summed E-state index contributed by atoms with van der Waals surface area (Å²) in [4.78, 5) is 23.4. The number of amides is 2. The summed E-state index contributed by atoms with van der Waals surface area (Å²) in [6, 6.07) is 3.16. The highest BCUT2D eigenvalue weighted by Gasteiger charge is 2.15. The fraction of sp³-hybridized carbons (Fsp3) is 0.429. The number of anilines is 1. The number of carbonyl (C=O) groups is 2. The molecule has 1 rings (SSSR count). The van der Waals surface area contributed by atoms with Gasteiger partial charge in [0.15, 0.2) is 0 Å². The molecule has 0 heterocycles. The van der Waals surface area contributed by atoms with Crippen LogP contribution in [0.1, 0.15) is 35.3 Å². The predicted octanol–water partition coefficient (Wildman–Crippen LogP) is 2.62. The molecular formula is C14H20N2O3. The van der Waals surface area contributed by atoms with E-state index >= 15 is 0 Å². The van der Waals surface area contributed by atoms with Gasteiger partial charge in [-0.2, -0.15) is 0 Å². The third-order valence-electron chi connectivity index (χ3n) is 2.71. The third kappa shape index (κ3) is 3.98. The quantitative estimate of drug-likeness (QED) is 0.825. The van der Waals surface area contributed by atoms with Gasteiger partial charge in [0.2, 0.25) is 0 Å². The Morgan fingerprint density at radius 2 is 1.74 bits per heavy atom.